The number of ether oxygens (including phenoxy) is 3. The molecular formula is C19H16ClF3N4O3. The second kappa shape index (κ2) is 8.04. The molecule has 4 rings (SSSR count). The highest BCUT2D eigenvalue weighted by Gasteiger charge is 2.31. The summed E-state index contributed by atoms with van der Waals surface area (Å²) < 4.78 is 54.7. The van der Waals surface area contributed by atoms with Crippen molar-refractivity contribution in [1.82, 2.24) is 14.5 Å². The molecule has 0 atom stereocenters. The van der Waals surface area contributed by atoms with Crippen LogP contribution < -0.4 is 14.4 Å². The van der Waals surface area contributed by atoms with E-state index < -0.39 is 6.36 Å². The molecule has 0 spiro atoms. The predicted octanol–water partition coefficient (Wildman–Crippen LogP) is 4.59. The van der Waals surface area contributed by atoms with Crippen LogP contribution in [0.4, 0.5) is 19.0 Å². The molecule has 0 aliphatic carbocycles. The van der Waals surface area contributed by atoms with E-state index in [1.807, 2.05) is 11.9 Å². The van der Waals surface area contributed by atoms with E-state index in [4.69, 9.17) is 21.1 Å². The topological polar surface area (TPSA) is 61.6 Å². The molecule has 1 aromatic carbocycles. The van der Waals surface area contributed by atoms with E-state index in [1.54, 1.807) is 16.8 Å². The van der Waals surface area contributed by atoms with E-state index in [0.29, 0.717) is 30.7 Å². The number of fused-ring (bicyclic) bond motifs is 1. The van der Waals surface area contributed by atoms with Crippen molar-refractivity contribution in [2.45, 2.75) is 19.5 Å². The number of hydrogen-bond donors (Lipinski definition) is 0. The minimum Gasteiger partial charge on any atom is -0.425 e. The first-order valence-corrected chi connectivity index (χ1v) is 9.18. The van der Waals surface area contributed by atoms with Crippen molar-refractivity contribution in [1.29, 1.82) is 0 Å². The van der Waals surface area contributed by atoms with Crippen molar-refractivity contribution in [3.05, 3.63) is 59.0 Å². The van der Waals surface area contributed by atoms with Crippen molar-refractivity contribution in [3.8, 4) is 17.5 Å². The number of pyridine rings is 1. The van der Waals surface area contributed by atoms with Gasteiger partial charge in [-0.2, -0.15) is 4.98 Å². The molecule has 0 bridgehead atoms. The zero-order valence-corrected chi connectivity index (χ0v) is 16.4. The summed E-state index contributed by atoms with van der Waals surface area (Å²) in [6.07, 6.45) is -1.61. The van der Waals surface area contributed by atoms with Crippen molar-refractivity contribution < 1.29 is 27.4 Å². The monoisotopic (exact) mass is 440 g/mol. The van der Waals surface area contributed by atoms with Crippen LogP contribution in [0.1, 0.15) is 11.3 Å². The van der Waals surface area contributed by atoms with Crippen molar-refractivity contribution in [3.63, 3.8) is 0 Å². The Balaban J connectivity index is 1.68. The fourth-order valence-electron chi connectivity index (χ4n) is 3.05. The average Bonchev–Trinajstić information content (AvgIpc) is 2.99. The van der Waals surface area contributed by atoms with Gasteiger partial charge in [0.15, 0.2) is 5.82 Å². The quantitative estimate of drug-likeness (QED) is 0.578. The average molecular weight is 441 g/mol. The first kappa shape index (κ1) is 20.3. The van der Waals surface area contributed by atoms with E-state index >= 15 is 0 Å². The van der Waals surface area contributed by atoms with Gasteiger partial charge in [0.05, 0.1) is 23.9 Å². The van der Waals surface area contributed by atoms with Crippen LogP contribution in [0.3, 0.4) is 0 Å². The summed E-state index contributed by atoms with van der Waals surface area (Å²) in [5.74, 6) is 0.421. The Kier molecular flexibility index (Phi) is 5.44. The van der Waals surface area contributed by atoms with E-state index in [1.165, 1.54) is 24.4 Å². The molecule has 30 heavy (non-hydrogen) atoms. The molecule has 0 radical (unpaired) electrons. The predicted molar refractivity (Wildman–Crippen MR) is 102 cm³/mol. The molecular weight excluding hydrogens is 425 g/mol. The number of benzene rings is 1. The largest absolute Gasteiger partial charge is 0.573 e. The van der Waals surface area contributed by atoms with Gasteiger partial charge in [-0.15, -0.1) is 13.2 Å². The Morgan fingerprint density at radius 2 is 2.00 bits per heavy atom. The van der Waals surface area contributed by atoms with E-state index in [0.717, 1.165) is 17.3 Å². The number of hydrogen-bond acceptors (Lipinski definition) is 6. The molecule has 3 heterocycles. The number of imidazole rings is 1. The summed E-state index contributed by atoms with van der Waals surface area (Å²) in [6.45, 7) is 1.000. The van der Waals surface area contributed by atoms with Gasteiger partial charge in [0.2, 0.25) is 0 Å². The highest BCUT2D eigenvalue weighted by Crippen LogP contribution is 2.34. The summed E-state index contributed by atoms with van der Waals surface area (Å²) >= 11 is 6.03. The molecule has 1 aliphatic rings. The van der Waals surface area contributed by atoms with Gasteiger partial charge in [-0.3, -0.25) is 9.55 Å². The first-order chi connectivity index (χ1) is 14.3. The standard InChI is InChI=1S/C19H16ClF3N4O3/c1-26-11-28-10-16-17(26)25-18(27(16)9-12-5-13(20)8-24-7-12)29-14-3-2-4-15(6-14)30-19(21,22)23/h2-8H,9-11H2,1H3. The third kappa shape index (κ3) is 4.60. The molecule has 158 valence electrons. The van der Waals surface area contributed by atoms with Crippen molar-refractivity contribution in [2.24, 2.45) is 0 Å². The third-order valence-electron chi connectivity index (χ3n) is 4.25. The molecule has 2 aromatic heterocycles. The summed E-state index contributed by atoms with van der Waals surface area (Å²) in [4.78, 5) is 10.4. The van der Waals surface area contributed by atoms with Crippen LogP contribution in [0.2, 0.25) is 5.02 Å². The molecule has 1 aliphatic heterocycles. The molecule has 0 saturated carbocycles. The lowest BCUT2D eigenvalue weighted by atomic mass is 10.2. The van der Waals surface area contributed by atoms with E-state index in [9.17, 15) is 13.2 Å². The van der Waals surface area contributed by atoms with Gasteiger partial charge in [-0.25, -0.2) is 0 Å². The van der Waals surface area contributed by atoms with Crippen LogP contribution in [0.15, 0.2) is 42.7 Å². The van der Waals surface area contributed by atoms with Gasteiger partial charge in [-0.1, -0.05) is 17.7 Å². The molecule has 0 N–H and O–H groups in total. The number of alkyl halides is 3. The zero-order valence-electron chi connectivity index (χ0n) is 15.7. The van der Waals surface area contributed by atoms with E-state index in [-0.39, 0.29) is 17.5 Å². The van der Waals surface area contributed by atoms with Crippen LogP contribution >= 0.6 is 11.6 Å². The van der Waals surface area contributed by atoms with Gasteiger partial charge in [0.25, 0.3) is 0 Å². The van der Waals surface area contributed by atoms with Gasteiger partial charge in [0, 0.05) is 25.5 Å². The molecule has 3 aromatic rings. The first-order valence-electron chi connectivity index (χ1n) is 8.80. The Morgan fingerprint density at radius 1 is 1.20 bits per heavy atom. The minimum absolute atomic E-state index is 0.146. The smallest absolute Gasteiger partial charge is 0.425 e. The highest BCUT2D eigenvalue weighted by atomic mass is 35.5. The third-order valence-corrected chi connectivity index (χ3v) is 4.46. The highest BCUT2D eigenvalue weighted by molar-refractivity contribution is 6.30. The maximum Gasteiger partial charge on any atom is 0.573 e. The number of rotatable bonds is 5. The summed E-state index contributed by atoms with van der Waals surface area (Å²) in [7, 11) is 1.82. The van der Waals surface area contributed by atoms with Crippen molar-refractivity contribution in [2.75, 3.05) is 18.7 Å². The SMILES string of the molecule is CN1COCc2c1nc(Oc1cccc(OC(F)(F)F)c1)n2Cc1cncc(Cl)c1. The maximum absolute atomic E-state index is 12.5. The molecule has 11 heteroatoms. The van der Waals surface area contributed by atoms with Crippen LogP contribution in [0.25, 0.3) is 0 Å². The van der Waals surface area contributed by atoms with Crippen molar-refractivity contribution >= 4 is 17.4 Å². The maximum atomic E-state index is 12.5. The number of anilines is 1. The lowest BCUT2D eigenvalue weighted by Gasteiger charge is -2.24. The second-order valence-electron chi connectivity index (χ2n) is 6.56. The summed E-state index contributed by atoms with van der Waals surface area (Å²) in [6, 6.07) is 7.21. The second-order valence-corrected chi connectivity index (χ2v) is 7.00. The Bertz CT molecular complexity index is 1060. The molecule has 0 amide bonds. The fraction of sp³-hybridized carbons (Fsp3) is 0.263. The fourth-order valence-corrected chi connectivity index (χ4v) is 3.24. The molecule has 0 unspecified atom stereocenters. The minimum atomic E-state index is -4.80. The molecule has 0 fully saturated rings. The lowest BCUT2D eigenvalue weighted by Crippen LogP contribution is -2.27. The molecule has 7 nitrogen and oxygen atoms in total. The Morgan fingerprint density at radius 3 is 2.77 bits per heavy atom. The van der Waals surface area contributed by atoms with Crippen LogP contribution in [-0.4, -0.2) is 34.7 Å². The Labute approximate surface area is 174 Å². The van der Waals surface area contributed by atoms with Gasteiger partial charge in [-0.05, 0) is 23.8 Å². The zero-order chi connectivity index (χ0) is 21.3. The van der Waals surface area contributed by atoms with Gasteiger partial charge in [0.1, 0.15) is 18.2 Å². The van der Waals surface area contributed by atoms with E-state index in [2.05, 4.69) is 14.7 Å². The molecule has 0 saturated heterocycles. The summed E-state index contributed by atoms with van der Waals surface area (Å²) in [5, 5.41) is 0.481. The van der Waals surface area contributed by atoms with Gasteiger partial charge < -0.3 is 19.1 Å². The number of halogens is 4. The van der Waals surface area contributed by atoms with Crippen LogP contribution in [0, 0.1) is 0 Å². The number of nitrogens with zero attached hydrogens (tertiary/aromatic N) is 4. The number of aromatic nitrogens is 3. The van der Waals surface area contributed by atoms with Crippen LogP contribution in [0.5, 0.6) is 17.5 Å². The van der Waals surface area contributed by atoms with Crippen LogP contribution in [-0.2, 0) is 17.9 Å². The Hall–Kier alpha value is -2.98. The lowest BCUT2D eigenvalue weighted by molar-refractivity contribution is -0.274. The summed E-state index contributed by atoms with van der Waals surface area (Å²) in [5.41, 5.74) is 1.57. The van der Waals surface area contributed by atoms with Gasteiger partial charge >= 0.3 is 12.4 Å². The normalized spacial score (nSPS) is 13.8.